The third kappa shape index (κ3) is 1.56. The number of hydrogen-bond acceptors (Lipinski definition) is 4. The highest BCUT2D eigenvalue weighted by Crippen LogP contribution is 2.10. The molecule has 0 aliphatic carbocycles. The van der Waals surface area contributed by atoms with Gasteiger partial charge in [0.2, 0.25) is 0 Å². The average Bonchev–Trinajstić information content (AvgIpc) is 2.51. The number of ether oxygens (including phenoxy) is 1. The van der Waals surface area contributed by atoms with Crippen LogP contribution < -0.4 is 0 Å². The van der Waals surface area contributed by atoms with E-state index in [9.17, 15) is 9.59 Å². The predicted molar refractivity (Wildman–Crippen MR) is 46.1 cm³/mol. The topological polar surface area (TPSA) is 59.5 Å². The van der Waals surface area contributed by atoms with Crippen LogP contribution in [0.15, 0.2) is 24.5 Å². The molecule has 1 aromatic rings. The van der Waals surface area contributed by atoms with Crippen molar-refractivity contribution in [1.29, 1.82) is 0 Å². The second-order valence-electron chi connectivity index (χ2n) is 2.89. The molecule has 5 nitrogen and oxygen atoms in total. The van der Waals surface area contributed by atoms with Gasteiger partial charge in [-0.15, -0.1) is 0 Å². The summed E-state index contributed by atoms with van der Waals surface area (Å²) < 4.78 is 4.57. The van der Waals surface area contributed by atoms with Crippen molar-refractivity contribution in [3.8, 4) is 0 Å². The average molecular weight is 192 g/mol. The summed E-state index contributed by atoms with van der Waals surface area (Å²) in [5, 5.41) is 0. The van der Waals surface area contributed by atoms with E-state index in [1.165, 1.54) is 0 Å². The van der Waals surface area contributed by atoms with Gasteiger partial charge in [-0.05, 0) is 17.7 Å². The Morgan fingerprint density at radius 2 is 2.07 bits per heavy atom. The zero-order valence-corrected chi connectivity index (χ0v) is 7.34. The van der Waals surface area contributed by atoms with Crippen LogP contribution in [0.25, 0.3) is 0 Å². The molecule has 1 aliphatic heterocycles. The largest absolute Gasteiger partial charge is 0.439 e. The Morgan fingerprint density at radius 1 is 1.36 bits per heavy atom. The molecule has 2 amide bonds. The summed E-state index contributed by atoms with van der Waals surface area (Å²) in [6, 6.07) is 3.50. The molecule has 2 rings (SSSR count). The normalized spacial score (nSPS) is 15.9. The molecule has 5 heteroatoms. The number of nitrogens with zero attached hydrogens (tertiary/aromatic N) is 2. The van der Waals surface area contributed by atoms with Crippen molar-refractivity contribution in [3.63, 3.8) is 0 Å². The van der Waals surface area contributed by atoms with E-state index in [0.717, 1.165) is 10.5 Å². The first-order valence-electron chi connectivity index (χ1n) is 4.13. The van der Waals surface area contributed by atoms with Gasteiger partial charge in [-0.3, -0.25) is 9.78 Å². The number of hydrogen-bond donors (Lipinski definition) is 0. The summed E-state index contributed by atoms with van der Waals surface area (Å²) >= 11 is 0. The molecule has 0 aromatic carbocycles. The maximum Gasteiger partial charge on any atom is 0.417 e. The van der Waals surface area contributed by atoms with Crippen LogP contribution in [0.3, 0.4) is 0 Å². The zero-order chi connectivity index (χ0) is 9.97. The van der Waals surface area contributed by atoms with Crippen LogP contribution in [0.5, 0.6) is 0 Å². The van der Waals surface area contributed by atoms with Crippen molar-refractivity contribution in [1.82, 2.24) is 9.88 Å². The first-order valence-corrected chi connectivity index (χ1v) is 4.13. The Kier molecular flexibility index (Phi) is 2.14. The van der Waals surface area contributed by atoms with Gasteiger partial charge in [-0.25, -0.2) is 9.69 Å². The number of carbonyl (C=O) groups is 2. The first-order chi connectivity index (χ1) is 6.77. The van der Waals surface area contributed by atoms with Crippen LogP contribution in [-0.4, -0.2) is 28.5 Å². The van der Waals surface area contributed by atoms with E-state index in [1.807, 2.05) is 0 Å². The lowest BCUT2D eigenvalue weighted by atomic mass is 10.2. The van der Waals surface area contributed by atoms with Crippen molar-refractivity contribution in [2.24, 2.45) is 0 Å². The molecular weight excluding hydrogens is 184 g/mol. The Hall–Kier alpha value is -1.91. The van der Waals surface area contributed by atoms with Crippen molar-refractivity contribution in [2.75, 3.05) is 6.61 Å². The molecule has 0 atom stereocenters. The molecule has 0 saturated carbocycles. The third-order valence-corrected chi connectivity index (χ3v) is 1.93. The minimum atomic E-state index is -0.577. The summed E-state index contributed by atoms with van der Waals surface area (Å²) in [5.74, 6) is -0.299. The number of rotatable bonds is 2. The Balaban J connectivity index is 2.11. The van der Waals surface area contributed by atoms with E-state index in [-0.39, 0.29) is 19.1 Å². The number of carbonyl (C=O) groups excluding carboxylic acids is 2. The van der Waals surface area contributed by atoms with Crippen LogP contribution in [0.2, 0.25) is 0 Å². The fourth-order valence-electron chi connectivity index (χ4n) is 1.20. The summed E-state index contributed by atoms with van der Waals surface area (Å²) in [7, 11) is 0. The number of aromatic nitrogens is 1. The minimum absolute atomic E-state index is 0.149. The lowest BCUT2D eigenvalue weighted by Crippen LogP contribution is -2.28. The van der Waals surface area contributed by atoms with Gasteiger partial charge >= 0.3 is 6.09 Å². The van der Waals surface area contributed by atoms with Gasteiger partial charge in [-0.1, -0.05) is 0 Å². The standard InChI is InChI=1S/C9H8N2O3/c12-8-6-14-9(13)11(8)5-7-1-3-10-4-2-7/h1-4H,5-6H2. The van der Waals surface area contributed by atoms with E-state index in [1.54, 1.807) is 24.5 Å². The maximum absolute atomic E-state index is 11.2. The van der Waals surface area contributed by atoms with Crippen LogP contribution in [0, 0.1) is 0 Å². The van der Waals surface area contributed by atoms with Gasteiger partial charge in [-0.2, -0.15) is 0 Å². The van der Waals surface area contributed by atoms with Gasteiger partial charge in [0, 0.05) is 12.4 Å². The summed E-state index contributed by atoms with van der Waals surface area (Å²) in [4.78, 5) is 27.1. The highest BCUT2D eigenvalue weighted by Gasteiger charge is 2.30. The molecule has 14 heavy (non-hydrogen) atoms. The highest BCUT2D eigenvalue weighted by atomic mass is 16.6. The summed E-state index contributed by atoms with van der Waals surface area (Å²) in [5.41, 5.74) is 0.854. The second kappa shape index (κ2) is 3.45. The van der Waals surface area contributed by atoms with Gasteiger partial charge in [0.25, 0.3) is 5.91 Å². The van der Waals surface area contributed by atoms with E-state index < -0.39 is 6.09 Å². The van der Waals surface area contributed by atoms with E-state index >= 15 is 0 Å². The van der Waals surface area contributed by atoms with E-state index in [0.29, 0.717) is 0 Å². The van der Waals surface area contributed by atoms with Gasteiger partial charge in [0.15, 0.2) is 6.61 Å². The second-order valence-corrected chi connectivity index (χ2v) is 2.89. The lowest BCUT2D eigenvalue weighted by molar-refractivity contribution is -0.126. The fraction of sp³-hybridized carbons (Fsp3) is 0.222. The number of amides is 2. The Labute approximate surface area is 80.3 Å². The maximum atomic E-state index is 11.2. The van der Waals surface area contributed by atoms with Crippen molar-refractivity contribution in [3.05, 3.63) is 30.1 Å². The Bertz CT molecular complexity index is 348. The molecule has 2 heterocycles. The predicted octanol–water partition coefficient (Wildman–Crippen LogP) is 0.560. The molecule has 72 valence electrons. The molecule has 1 aromatic heterocycles. The summed E-state index contributed by atoms with van der Waals surface area (Å²) in [6.07, 6.45) is 2.65. The van der Waals surface area contributed by atoms with E-state index in [2.05, 4.69) is 9.72 Å². The molecular formula is C9H8N2O3. The van der Waals surface area contributed by atoms with Crippen LogP contribution in [0.4, 0.5) is 4.79 Å². The van der Waals surface area contributed by atoms with Crippen LogP contribution >= 0.6 is 0 Å². The Morgan fingerprint density at radius 3 is 2.64 bits per heavy atom. The summed E-state index contributed by atoms with van der Waals surface area (Å²) in [6.45, 7) is 0.101. The van der Waals surface area contributed by atoms with Gasteiger partial charge < -0.3 is 4.74 Å². The van der Waals surface area contributed by atoms with Crippen molar-refractivity contribution >= 4 is 12.0 Å². The number of pyridine rings is 1. The molecule has 0 N–H and O–H groups in total. The third-order valence-electron chi connectivity index (χ3n) is 1.93. The SMILES string of the molecule is O=C1COC(=O)N1Cc1ccncc1. The van der Waals surface area contributed by atoms with Gasteiger partial charge in [0.1, 0.15) is 0 Å². The number of imide groups is 1. The van der Waals surface area contributed by atoms with Crippen LogP contribution in [-0.2, 0) is 16.1 Å². The molecule has 1 fully saturated rings. The lowest BCUT2D eigenvalue weighted by Gasteiger charge is -2.09. The fourth-order valence-corrected chi connectivity index (χ4v) is 1.20. The monoisotopic (exact) mass is 192 g/mol. The first kappa shape index (κ1) is 8.68. The zero-order valence-electron chi connectivity index (χ0n) is 7.34. The van der Waals surface area contributed by atoms with Crippen molar-refractivity contribution < 1.29 is 14.3 Å². The molecule has 0 radical (unpaired) electrons. The van der Waals surface area contributed by atoms with Gasteiger partial charge in [0.05, 0.1) is 6.54 Å². The smallest absolute Gasteiger partial charge is 0.417 e. The quantitative estimate of drug-likeness (QED) is 0.687. The minimum Gasteiger partial charge on any atom is -0.439 e. The van der Waals surface area contributed by atoms with Crippen LogP contribution in [0.1, 0.15) is 5.56 Å². The number of cyclic esters (lactones) is 1. The highest BCUT2D eigenvalue weighted by molar-refractivity contribution is 5.97. The van der Waals surface area contributed by atoms with Crippen molar-refractivity contribution in [2.45, 2.75) is 6.54 Å². The molecule has 0 unspecified atom stereocenters. The molecule has 0 bridgehead atoms. The van der Waals surface area contributed by atoms with E-state index in [4.69, 9.17) is 0 Å². The molecule has 1 saturated heterocycles. The molecule has 0 spiro atoms. The molecule has 1 aliphatic rings.